The first-order valence-electron chi connectivity index (χ1n) is 3.73. The molecule has 1 aliphatic heterocycles. The molecular formula is C9H8O2S. The average molecular weight is 180 g/mol. The summed E-state index contributed by atoms with van der Waals surface area (Å²) in [5, 5.41) is 9.85. The lowest BCUT2D eigenvalue weighted by atomic mass is 10.1. The van der Waals surface area contributed by atoms with Gasteiger partial charge in [-0.1, -0.05) is 12.1 Å². The van der Waals surface area contributed by atoms with Crippen LogP contribution >= 0.6 is 12.2 Å². The molecule has 0 aromatic heterocycles. The summed E-state index contributed by atoms with van der Waals surface area (Å²) in [5.74, 6) is 0.210. The second-order valence-electron chi connectivity index (χ2n) is 2.79. The van der Waals surface area contributed by atoms with Crippen LogP contribution in [0, 0.1) is 0 Å². The smallest absolute Gasteiger partial charge is 0.195 e. The Morgan fingerprint density at radius 3 is 2.92 bits per heavy atom. The summed E-state index contributed by atoms with van der Waals surface area (Å²) in [5.41, 5.74) is 1.65. The first-order valence-corrected chi connectivity index (χ1v) is 4.14. The highest BCUT2D eigenvalue weighted by Gasteiger charge is 2.26. The van der Waals surface area contributed by atoms with Crippen molar-refractivity contribution in [2.75, 3.05) is 0 Å². The number of fused-ring (bicyclic) bond motifs is 1. The molecule has 1 heterocycles. The maximum Gasteiger partial charge on any atom is 0.195 e. The molecule has 2 rings (SSSR count). The van der Waals surface area contributed by atoms with E-state index in [9.17, 15) is 5.11 Å². The fraction of sp³-hybridized carbons (Fsp3) is 0.222. The Morgan fingerprint density at radius 2 is 2.25 bits per heavy atom. The number of hydrogen-bond donors (Lipinski definition) is 1. The van der Waals surface area contributed by atoms with Gasteiger partial charge in [-0.15, -0.1) is 0 Å². The summed E-state index contributed by atoms with van der Waals surface area (Å²) in [4.78, 5) is 0. The monoisotopic (exact) mass is 180 g/mol. The van der Waals surface area contributed by atoms with Crippen LogP contribution in [0.2, 0.25) is 0 Å². The van der Waals surface area contributed by atoms with Gasteiger partial charge in [0.05, 0.1) is 5.56 Å². The van der Waals surface area contributed by atoms with Crippen molar-refractivity contribution in [2.45, 2.75) is 13.0 Å². The van der Waals surface area contributed by atoms with Crippen LogP contribution in [-0.2, 0) is 4.74 Å². The Hall–Kier alpha value is -1.09. The molecule has 1 N–H and O–H groups in total. The number of aromatic hydroxyl groups is 1. The van der Waals surface area contributed by atoms with E-state index in [0.29, 0.717) is 10.6 Å². The molecule has 0 aliphatic carbocycles. The molecule has 2 nitrogen and oxygen atoms in total. The number of benzene rings is 1. The predicted octanol–water partition coefficient (Wildman–Crippen LogP) is 2.16. The normalized spacial score (nSPS) is 20.4. The van der Waals surface area contributed by atoms with Crippen LogP contribution in [-0.4, -0.2) is 10.2 Å². The highest BCUT2D eigenvalue weighted by molar-refractivity contribution is 7.80. The Bertz CT molecular complexity index is 346. The standard InChI is InChI=1S/C9H8O2S/c1-5-6-3-2-4-7(10)8(6)9(12)11-5/h2-5,10H,1H3. The molecule has 1 aliphatic rings. The van der Waals surface area contributed by atoms with E-state index >= 15 is 0 Å². The molecule has 1 atom stereocenters. The van der Waals surface area contributed by atoms with Crippen molar-refractivity contribution in [3.05, 3.63) is 29.3 Å². The topological polar surface area (TPSA) is 29.5 Å². The molecule has 62 valence electrons. The van der Waals surface area contributed by atoms with Crippen molar-refractivity contribution in [1.29, 1.82) is 0 Å². The molecule has 0 spiro atoms. The zero-order valence-electron chi connectivity index (χ0n) is 6.57. The van der Waals surface area contributed by atoms with Gasteiger partial charge in [0.2, 0.25) is 0 Å². The lowest BCUT2D eigenvalue weighted by Crippen LogP contribution is -1.92. The maximum absolute atomic E-state index is 9.45. The molecule has 0 radical (unpaired) electrons. The lowest BCUT2D eigenvalue weighted by Gasteiger charge is -2.01. The van der Waals surface area contributed by atoms with Crippen molar-refractivity contribution >= 4 is 17.3 Å². The zero-order chi connectivity index (χ0) is 8.72. The van der Waals surface area contributed by atoms with Crippen LogP contribution in [0.4, 0.5) is 0 Å². The van der Waals surface area contributed by atoms with Crippen LogP contribution in [0.15, 0.2) is 18.2 Å². The second kappa shape index (κ2) is 2.45. The fourth-order valence-electron chi connectivity index (χ4n) is 1.40. The summed E-state index contributed by atoms with van der Waals surface area (Å²) in [6, 6.07) is 5.33. The summed E-state index contributed by atoms with van der Waals surface area (Å²) in [6.07, 6.45) is -0.0281. The third kappa shape index (κ3) is 0.898. The first kappa shape index (κ1) is 7.55. The number of hydrogen-bond acceptors (Lipinski definition) is 3. The maximum atomic E-state index is 9.45. The van der Waals surface area contributed by atoms with Crippen LogP contribution in [0.5, 0.6) is 5.75 Å². The fourth-order valence-corrected chi connectivity index (χ4v) is 1.77. The number of phenolic OH excluding ortho intramolecular Hbond substituents is 1. The van der Waals surface area contributed by atoms with Gasteiger partial charge in [0.15, 0.2) is 5.05 Å². The lowest BCUT2D eigenvalue weighted by molar-refractivity contribution is 0.238. The molecular weight excluding hydrogens is 172 g/mol. The summed E-state index contributed by atoms with van der Waals surface area (Å²) in [6.45, 7) is 1.91. The minimum atomic E-state index is -0.0281. The van der Waals surface area contributed by atoms with Crippen molar-refractivity contribution < 1.29 is 9.84 Å². The van der Waals surface area contributed by atoms with Crippen LogP contribution in [0.3, 0.4) is 0 Å². The Labute approximate surface area is 75.8 Å². The third-order valence-corrected chi connectivity index (χ3v) is 2.30. The van der Waals surface area contributed by atoms with E-state index in [2.05, 4.69) is 0 Å². The molecule has 12 heavy (non-hydrogen) atoms. The van der Waals surface area contributed by atoms with E-state index < -0.39 is 0 Å². The summed E-state index contributed by atoms with van der Waals surface area (Å²) in [7, 11) is 0. The van der Waals surface area contributed by atoms with Crippen molar-refractivity contribution in [1.82, 2.24) is 0 Å². The van der Waals surface area contributed by atoms with Gasteiger partial charge < -0.3 is 9.84 Å². The molecule has 1 aromatic rings. The summed E-state index contributed by atoms with van der Waals surface area (Å²) >= 11 is 4.96. The van der Waals surface area contributed by atoms with Gasteiger partial charge in [0.1, 0.15) is 11.9 Å². The van der Waals surface area contributed by atoms with Crippen molar-refractivity contribution in [3.63, 3.8) is 0 Å². The van der Waals surface area contributed by atoms with E-state index in [0.717, 1.165) is 5.56 Å². The van der Waals surface area contributed by atoms with E-state index in [1.165, 1.54) is 0 Å². The molecule has 0 saturated carbocycles. The van der Waals surface area contributed by atoms with Gasteiger partial charge in [-0.05, 0) is 25.2 Å². The summed E-state index contributed by atoms with van der Waals surface area (Å²) < 4.78 is 5.28. The SMILES string of the molecule is CC1OC(=S)c2c(O)cccc21. The Kier molecular flexibility index (Phi) is 1.54. The molecule has 1 aromatic carbocycles. The number of ether oxygens (including phenoxy) is 1. The minimum absolute atomic E-state index is 0.0281. The molecule has 0 bridgehead atoms. The Balaban J connectivity index is 2.67. The molecule has 0 amide bonds. The number of rotatable bonds is 0. The number of phenols is 1. The van der Waals surface area contributed by atoms with Gasteiger partial charge in [-0.25, -0.2) is 0 Å². The molecule has 3 heteroatoms. The van der Waals surface area contributed by atoms with E-state index in [4.69, 9.17) is 17.0 Å². The van der Waals surface area contributed by atoms with E-state index in [1.54, 1.807) is 12.1 Å². The van der Waals surface area contributed by atoms with Gasteiger partial charge >= 0.3 is 0 Å². The highest BCUT2D eigenvalue weighted by atomic mass is 32.1. The Morgan fingerprint density at radius 1 is 1.50 bits per heavy atom. The quantitative estimate of drug-likeness (QED) is 0.620. The highest BCUT2D eigenvalue weighted by Crippen LogP contribution is 2.35. The van der Waals surface area contributed by atoms with E-state index in [1.807, 2.05) is 13.0 Å². The van der Waals surface area contributed by atoms with Gasteiger partial charge in [-0.3, -0.25) is 0 Å². The first-order chi connectivity index (χ1) is 5.70. The van der Waals surface area contributed by atoms with E-state index in [-0.39, 0.29) is 11.9 Å². The van der Waals surface area contributed by atoms with Crippen LogP contribution in [0.1, 0.15) is 24.2 Å². The molecule has 0 saturated heterocycles. The van der Waals surface area contributed by atoms with Gasteiger partial charge in [0, 0.05) is 5.56 Å². The zero-order valence-corrected chi connectivity index (χ0v) is 7.39. The second-order valence-corrected chi connectivity index (χ2v) is 3.16. The van der Waals surface area contributed by atoms with Crippen LogP contribution in [0.25, 0.3) is 0 Å². The molecule has 0 fully saturated rings. The number of thiocarbonyl (C=S) groups is 1. The van der Waals surface area contributed by atoms with Crippen LogP contribution < -0.4 is 0 Å². The molecule has 1 unspecified atom stereocenters. The largest absolute Gasteiger partial charge is 0.507 e. The van der Waals surface area contributed by atoms with Crippen molar-refractivity contribution in [2.24, 2.45) is 0 Å². The average Bonchev–Trinajstić information content (AvgIpc) is 2.29. The predicted molar refractivity (Wildman–Crippen MR) is 49.3 cm³/mol. The van der Waals surface area contributed by atoms with Gasteiger partial charge in [0.25, 0.3) is 0 Å². The minimum Gasteiger partial charge on any atom is -0.507 e. The third-order valence-electron chi connectivity index (χ3n) is 2.00. The van der Waals surface area contributed by atoms with Gasteiger partial charge in [-0.2, -0.15) is 0 Å². The van der Waals surface area contributed by atoms with Crippen molar-refractivity contribution in [3.8, 4) is 5.75 Å².